The molecular formula is C19H15F2N5O. The van der Waals surface area contributed by atoms with Crippen LogP contribution in [0.2, 0.25) is 0 Å². The van der Waals surface area contributed by atoms with Gasteiger partial charge in [-0.15, -0.1) is 5.10 Å². The second-order valence-electron chi connectivity index (χ2n) is 6.11. The number of nitrogens with one attached hydrogen (secondary N) is 1. The Kier molecular flexibility index (Phi) is 4.15. The molecule has 0 atom stereocenters. The zero-order chi connectivity index (χ0) is 19.0. The molecule has 0 saturated carbocycles. The highest BCUT2D eigenvalue weighted by Crippen LogP contribution is 2.27. The summed E-state index contributed by atoms with van der Waals surface area (Å²) in [7, 11) is 1.66. The Morgan fingerprint density at radius 1 is 1.15 bits per heavy atom. The van der Waals surface area contributed by atoms with Gasteiger partial charge in [0.1, 0.15) is 18.2 Å². The van der Waals surface area contributed by atoms with E-state index in [1.807, 2.05) is 18.2 Å². The van der Waals surface area contributed by atoms with Gasteiger partial charge in [0.25, 0.3) is 0 Å². The molecule has 27 heavy (non-hydrogen) atoms. The molecule has 4 rings (SSSR count). The molecule has 0 aliphatic carbocycles. The molecule has 0 aliphatic heterocycles. The number of halogens is 2. The molecule has 0 saturated heterocycles. The number of rotatable bonds is 4. The number of carbonyl (C=O) groups excluding carboxylic acids is 1. The van der Waals surface area contributed by atoms with Crippen molar-refractivity contribution in [2.45, 2.75) is 6.54 Å². The molecular weight excluding hydrogens is 352 g/mol. The Bertz CT molecular complexity index is 1150. The zero-order valence-corrected chi connectivity index (χ0v) is 14.4. The van der Waals surface area contributed by atoms with Crippen LogP contribution in [-0.2, 0) is 18.4 Å². The van der Waals surface area contributed by atoms with Crippen molar-refractivity contribution in [3.05, 3.63) is 66.5 Å². The van der Waals surface area contributed by atoms with Crippen molar-refractivity contribution in [3.63, 3.8) is 0 Å². The van der Waals surface area contributed by atoms with E-state index in [0.29, 0.717) is 16.9 Å². The SMILES string of the molecule is Cn1ncc(NC(=O)Cn2ccc3cc(-c4ccc(F)cc4F)ccc32)n1. The lowest BCUT2D eigenvalue weighted by atomic mass is 10.0. The van der Waals surface area contributed by atoms with Gasteiger partial charge < -0.3 is 9.88 Å². The summed E-state index contributed by atoms with van der Waals surface area (Å²) in [5.41, 5.74) is 1.80. The molecule has 2 aromatic heterocycles. The van der Waals surface area contributed by atoms with Crippen LogP contribution in [0.1, 0.15) is 0 Å². The predicted molar refractivity (Wildman–Crippen MR) is 96.9 cm³/mol. The number of nitrogens with zero attached hydrogens (tertiary/aromatic N) is 4. The molecule has 4 aromatic rings. The third-order valence-corrected chi connectivity index (χ3v) is 4.19. The summed E-state index contributed by atoms with van der Waals surface area (Å²) in [6.07, 6.45) is 3.25. The van der Waals surface area contributed by atoms with Crippen LogP contribution in [0.5, 0.6) is 0 Å². The third kappa shape index (κ3) is 3.41. The Labute approximate surface area is 153 Å². The number of aromatic nitrogens is 4. The van der Waals surface area contributed by atoms with Gasteiger partial charge in [-0.1, -0.05) is 6.07 Å². The molecule has 0 aliphatic rings. The maximum absolute atomic E-state index is 14.0. The largest absolute Gasteiger partial charge is 0.338 e. The summed E-state index contributed by atoms with van der Waals surface area (Å²) >= 11 is 0. The van der Waals surface area contributed by atoms with Gasteiger partial charge >= 0.3 is 0 Å². The highest BCUT2D eigenvalue weighted by molar-refractivity contribution is 5.92. The van der Waals surface area contributed by atoms with Gasteiger partial charge in [0, 0.05) is 35.8 Å². The van der Waals surface area contributed by atoms with E-state index >= 15 is 0 Å². The molecule has 8 heteroatoms. The monoisotopic (exact) mass is 367 g/mol. The fraction of sp³-hybridized carbons (Fsp3) is 0.105. The molecule has 136 valence electrons. The van der Waals surface area contributed by atoms with Crippen LogP contribution in [0.3, 0.4) is 0 Å². The van der Waals surface area contributed by atoms with E-state index in [9.17, 15) is 13.6 Å². The fourth-order valence-electron chi connectivity index (χ4n) is 2.97. The Morgan fingerprint density at radius 3 is 2.74 bits per heavy atom. The molecule has 1 N–H and O–H groups in total. The minimum atomic E-state index is -0.614. The number of carbonyl (C=O) groups is 1. The highest BCUT2D eigenvalue weighted by atomic mass is 19.1. The average molecular weight is 367 g/mol. The Morgan fingerprint density at radius 2 is 2.00 bits per heavy atom. The lowest BCUT2D eigenvalue weighted by Crippen LogP contribution is -2.18. The molecule has 1 amide bonds. The molecule has 0 unspecified atom stereocenters. The quantitative estimate of drug-likeness (QED) is 0.602. The molecule has 0 fully saturated rings. The molecule has 6 nitrogen and oxygen atoms in total. The number of aryl methyl sites for hydroxylation is 1. The van der Waals surface area contributed by atoms with Crippen molar-refractivity contribution in [2.24, 2.45) is 7.05 Å². The van der Waals surface area contributed by atoms with Crippen LogP contribution < -0.4 is 5.32 Å². The predicted octanol–water partition coefficient (Wildman–Crippen LogP) is 3.35. The summed E-state index contributed by atoms with van der Waals surface area (Å²) in [5.74, 6) is -1.08. The van der Waals surface area contributed by atoms with Crippen LogP contribution in [0.4, 0.5) is 14.6 Å². The van der Waals surface area contributed by atoms with E-state index in [1.54, 1.807) is 23.9 Å². The average Bonchev–Trinajstić information content (AvgIpc) is 3.21. The van der Waals surface area contributed by atoms with Crippen molar-refractivity contribution in [1.29, 1.82) is 0 Å². The van der Waals surface area contributed by atoms with Crippen molar-refractivity contribution in [2.75, 3.05) is 5.32 Å². The molecule has 0 spiro atoms. The second kappa shape index (κ2) is 6.64. The minimum Gasteiger partial charge on any atom is -0.338 e. The first-order valence-electron chi connectivity index (χ1n) is 8.20. The smallest absolute Gasteiger partial charge is 0.245 e. The number of amides is 1. The van der Waals surface area contributed by atoms with Gasteiger partial charge in [-0.05, 0) is 35.9 Å². The van der Waals surface area contributed by atoms with E-state index in [1.165, 1.54) is 23.1 Å². The second-order valence-corrected chi connectivity index (χ2v) is 6.11. The third-order valence-electron chi connectivity index (χ3n) is 4.19. The van der Waals surface area contributed by atoms with Gasteiger partial charge in [0.05, 0.1) is 6.20 Å². The topological polar surface area (TPSA) is 64.7 Å². The summed E-state index contributed by atoms with van der Waals surface area (Å²) in [6, 6.07) is 10.7. The van der Waals surface area contributed by atoms with E-state index in [4.69, 9.17) is 0 Å². The molecule has 0 radical (unpaired) electrons. The van der Waals surface area contributed by atoms with Gasteiger partial charge in [-0.2, -0.15) is 9.90 Å². The first kappa shape index (κ1) is 16.9. The minimum absolute atomic E-state index is 0.102. The molecule has 2 aromatic carbocycles. The summed E-state index contributed by atoms with van der Waals surface area (Å²) in [6.45, 7) is 0.102. The van der Waals surface area contributed by atoms with Gasteiger partial charge in [-0.25, -0.2) is 8.78 Å². The number of hydrogen-bond acceptors (Lipinski definition) is 3. The van der Waals surface area contributed by atoms with E-state index in [0.717, 1.165) is 17.0 Å². The first-order chi connectivity index (χ1) is 13.0. The van der Waals surface area contributed by atoms with Crippen LogP contribution in [-0.4, -0.2) is 25.5 Å². The van der Waals surface area contributed by atoms with Crippen molar-refractivity contribution in [1.82, 2.24) is 19.6 Å². The van der Waals surface area contributed by atoms with E-state index in [2.05, 4.69) is 15.5 Å². The number of anilines is 1. The lowest BCUT2D eigenvalue weighted by Gasteiger charge is -2.07. The maximum Gasteiger partial charge on any atom is 0.245 e. The van der Waals surface area contributed by atoms with Crippen molar-refractivity contribution < 1.29 is 13.6 Å². The number of hydrogen-bond donors (Lipinski definition) is 1. The standard InChI is InChI=1S/C19H15F2N5O/c1-25-22-10-18(24-25)23-19(27)11-26-7-6-13-8-12(2-5-17(13)26)15-4-3-14(20)9-16(15)21/h2-10H,11H2,1H3,(H,23,24,27). The van der Waals surface area contributed by atoms with Crippen LogP contribution >= 0.6 is 0 Å². The molecule has 2 heterocycles. The van der Waals surface area contributed by atoms with Gasteiger partial charge in [-0.3, -0.25) is 4.79 Å². The summed E-state index contributed by atoms with van der Waals surface area (Å²) < 4.78 is 28.9. The summed E-state index contributed by atoms with van der Waals surface area (Å²) in [4.78, 5) is 13.6. The van der Waals surface area contributed by atoms with E-state index in [-0.39, 0.29) is 12.5 Å². The maximum atomic E-state index is 14.0. The zero-order valence-electron chi connectivity index (χ0n) is 14.4. The van der Waals surface area contributed by atoms with Gasteiger partial charge in [0.2, 0.25) is 5.91 Å². The normalized spacial score (nSPS) is 11.1. The first-order valence-corrected chi connectivity index (χ1v) is 8.20. The van der Waals surface area contributed by atoms with Crippen LogP contribution in [0, 0.1) is 11.6 Å². The highest BCUT2D eigenvalue weighted by Gasteiger charge is 2.11. The van der Waals surface area contributed by atoms with Crippen LogP contribution in [0.25, 0.3) is 22.0 Å². The lowest BCUT2D eigenvalue weighted by molar-refractivity contribution is -0.116. The van der Waals surface area contributed by atoms with E-state index < -0.39 is 11.6 Å². The number of fused-ring (bicyclic) bond motifs is 1. The molecule has 0 bridgehead atoms. The summed E-state index contributed by atoms with van der Waals surface area (Å²) in [5, 5.41) is 11.4. The number of benzene rings is 2. The Hall–Kier alpha value is -3.55. The fourth-order valence-corrected chi connectivity index (χ4v) is 2.97. The van der Waals surface area contributed by atoms with Gasteiger partial charge in [0.15, 0.2) is 5.82 Å². The van der Waals surface area contributed by atoms with Crippen LogP contribution in [0.15, 0.2) is 54.9 Å². The Balaban J connectivity index is 1.58. The van der Waals surface area contributed by atoms with Crippen molar-refractivity contribution >= 4 is 22.6 Å². The van der Waals surface area contributed by atoms with Crippen molar-refractivity contribution in [3.8, 4) is 11.1 Å².